The van der Waals surface area contributed by atoms with Gasteiger partial charge in [0.15, 0.2) is 0 Å². The number of carbonyl (C=O) groups excluding carboxylic acids is 2. The molecule has 0 aliphatic heterocycles. The first kappa shape index (κ1) is 32.1. The number of anilines is 1. The molecule has 0 radical (unpaired) electrons. The monoisotopic (exact) mass is 653 g/mol. The summed E-state index contributed by atoms with van der Waals surface area (Å²) in [5, 5.41) is 2.82. The van der Waals surface area contributed by atoms with E-state index < -0.39 is 51.7 Å². The van der Waals surface area contributed by atoms with Crippen LogP contribution in [0, 0.1) is 0 Å². The zero-order valence-corrected chi connectivity index (χ0v) is 25.3. The Morgan fingerprint density at radius 3 is 2.15 bits per heavy atom. The predicted octanol–water partition coefficient (Wildman–Crippen LogP) is 6.00. The van der Waals surface area contributed by atoms with Gasteiger partial charge in [0.05, 0.1) is 16.1 Å². The van der Waals surface area contributed by atoms with Crippen LogP contribution >= 0.6 is 15.9 Å². The number of nitrogens with zero attached hydrogens (tertiary/aromatic N) is 2. The molecule has 0 aliphatic rings. The summed E-state index contributed by atoms with van der Waals surface area (Å²) in [6.07, 6.45) is -4.74. The van der Waals surface area contributed by atoms with Gasteiger partial charge in [-0.25, -0.2) is 8.42 Å². The summed E-state index contributed by atoms with van der Waals surface area (Å²) in [6.45, 7) is 5.94. The van der Waals surface area contributed by atoms with Crippen molar-refractivity contribution < 1.29 is 31.2 Å². The largest absolute Gasteiger partial charge is 0.416 e. The van der Waals surface area contributed by atoms with Crippen LogP contribution in [-0.2, 0) is 32.3 Å². The van der Waals surface area contributed by atoms with E-state index in [0.717, 1.165) is 16.6 Å². The molecule has 0 aromatic heterocycles. The van der Waals surface area contributed by atoms with Gasteiger partial charge in [-0.2, -0.15) is 13.2 Å². The topological polar surface area (TPSA) is 86.8 Å². The number of nitrogens with one attached hydrogen (secondary N) is 1. The minimum Gasteiger partial charge on any atom is -0.350 e. The number of hydrogen-bond donors (Lipinski definition) is 1. The number of hydrogen-bond acceptors (Lipinski definition) is 4. The Morgan fingerprint density at radius 1 is 0.927 bits per heavy atom. The lowest BCUT2D eigenvalue weighted by Gasteiger charge is -2.33. The molecule has 3 rings (SSSR count). The lowest BCUT2D eigenvalue weighted by molar-refractivity contribution is -0.140. The van der Waals surface area contributed by atoms with Gasteiger partial charge in [-0.1, -0.05) is 52.3 Å². The molecule has 1 atom stereocenters. The first-order chi connectivity index (χ1) is 19.0. The molecule has 3 aromatic carbocycles. The summed E-state index contributed by atoms with van der Waals surface area (Å²) in [4.78, 5) is 28.0. The van der Waals surface area contributed by atoms with Crippen molar-refractivity contribution in [2.75, 3.05) is 10.8 Å². The highest BCUT2D eigenvalue weighted by atomic mass is 79.9. The highest BCUT2D eigenvalue weighted by molar-refractivity contribution is 9.10. The second kappa shape index (κ2) is 12.6. The SMILES string of the molecule is C[C@H](C(=O)NC(C)(C)C)N(Cc1cccc(Br)c1)C(=O)CN(c1cccc(C(F)(F)F)c1)S(=O)(=O)c1ccccc1. The summed E-state index contributed by atoms with van der Waals surface area (Å²) >= 11 is 3.38. The van der Waals surface area contributed by atoms with Crippen molar-refractivity contribution in [3.8, 4) is 0 Å². The Bertz CT molecular complexity index is 1490. The number of alkyl halides is 3. The van der Waals surface area contributed by atoms with Gasteiger partial charge in [-0.3, -0.25) is 13.9 Å². The van der Waals surface area contributed by atoms with E-state index in [1.807, 2.05) is 0 Å². The van der Waals surface area contributed by atoms with Crippen LogP contribution in [0.4, 0.5) is 18.9 Å². The summed E-state index contributed by atoms with van der Waals surface area (Å²) in [5.74, 6) is -1.25. The van der Waals surface area contributed by atoms with Crippen molar-refractivity contribution in [3.63, 3.8) is 0 Å². The van der Waals surface area contributed by atoms with Crippen LogP contribution < -0.4 is 9.62 Å². The van der Waals surface area contributed by atoms with Crippen molar-refractivity contribution in [1.29, 1.82) is 0 Å². The normalized spacial score (nSPS) is 12.9. The molecule has 0 heterocycles. The zero-order chi connectivity index (χ0) is 30.6. The molecule has 0 saturated carbocycles. The maximum Gasteiger partial charge on any atom is 0.416 e. The fourth-order valence-corrected chi connectivity index (χ4v) is 5.85. The van der Waals surface area contributed by atoms with Crippen LogP contribution in [0.3, 0.4) is 0 Å². The van der Waals surface area contributed by atoms with E-state index >= 15 is 0 Å². The molecule has 1 N–H and O–H groups in total. The van der Waals surface area contributed by atoms with E-state index in [0.29, 0.717) is 15.9 Å². The predicted molar refractivity (Wildman–Crippen MR) is 154 cm³/mol. The number of rotatable bonds is 9. The van der Waals surface area contributed by atoms with Crippen molar-refractivity contribution in [1.82, 2.24) is 10.2 Å². The first-order valence-corrected chi connectivity index (χ1v) is 14.8. The molecular formula is C29H31BrF3N3O4S. The molecule has 3 aromatic rings. The molecular weight excluding hydrogens is 623 g/mol. The van der Waals surface area contributed by atoms with Crippen LogP contribution in [0.15, 0.2) is 88.2 Å². The smallest absolute Gasteiger partial charge is 0.350 e. The lowest BCUT2D eigenvalue weighted by atomic mass is 10.1. The molecule has 0 unspecified atom stereocenters. The van der Waals surface area contributed by atoms with Gasteiger partial charge in [0.2, 0.25) is 11.8 Å². The van der Waals surface area contributed by atoms with E-state index in [9.17, 15) is 31.2 Å². The van der Waals surface area contributed by atoms with E-state index in [2.05, 4.69) is 21.2 Å². The van der Waals surface area contributed by atoms with Crippen LogP contribution in [0.2, 0.25) is 0 Å². The highest BCUT2D eigenvalue weighted by Gasteiger charge is 2.35. The minimum atomic E-state index is -4.74. The van der Waals surface area contributed by atoms with E-state index in [-0.39, 0.29) is 17.1 Å². The van der Waals surface area contributed by atoms with Gasteiger partial charge in [-0.05, 0) is 75.7 Å². The third-order valence-electron chi connectivity index (χ3n) is 5.98. The number of halogens is 4. The van der Waals surface area contributed by atoms with E-state index in [1.165, 1.54) is 42.2 Å². The molecule has 2 amide bonds. The maximum atomic E-state index is 13.9. The average molecular weight is 655 g/mol. The molecule has 0 saturated heterocycles. The number of sulfonamides is 1. The van der Waals surface area contributed by atoms with Crippen LogP contribution in [0.1, 0.15) is 38.8 Å². The quantitative estimate of drug-likeness (QED) is 0.307. The van der Waals surface area contributed by atoms with Crippen LogP contribution in [0.5, 0.6) is 0 Å². The second-order valence-corrected chi connectivity index (χ2v) is 13.2. The third kappa shape index (κ3) is 8.56. The fraction of sp³-hybridized carbons (Fsp3) is 0.310. The molecule has 0 bridgehead atoms. The molecule has 12 heteroatoms. The van der Waals surface area contributed by atoms with E-state index in [1.54, 1.807) is 51.1 Å². The van der Waals surface area contributed by atoms with Gasteiger partial charge in [0.1, 0.15) is 12.6 Å². The van der Waals surface area contributed by atoms with Gasteiger partial charge in [-0.15, -0.1) is 0 Å². The van der Waals surface area contributed by atoms with Crippen LogP contribution in [-0.4, -0.2) is 43.3 Å². The highest BCUT2D eigenvalue weighted by Crippen LogP contribution is 2.33. The van der Waals surface area contributed by atoms with Crippen LogP contribution in [0.25, 0.3) is 0 Å². The molecule has 0 aliphatic carbocycles. The fourth-order valence-electron chi connectivity index (χ4n) is 3.97. The minimum absolute atomic E-state index is 0.0567. The Hall–Kier alpha value is -3.38. The summed E-state index contributed by atoms with van der Waals surface area (Å²) < 4.78 is 69.5. The molecule has 41 heavy (non-hydrogen) atoms. The molecule has 0 spiro atoms. The molecule has 7 nitrogen and oxygen atoms in total. The maximum absolute atomic E-state index is 13.9. The standard InChI is InChI=1S/C29H31BrF3N3O4S/c1-20(27(38)34-28(2,3)4)35(18-21-10-8-12-23(30)16-21)26(37)19-36(41(39,40)25-14-6-5-7-15-25)24-13-9-11-22(17-24)29(31,32)33/h5-17,20H,18-19H2,1-4H3,(H,34,38)/t20-/m1/s1. The van der Waals surface area contributed by atoms with Gasteiger partial charge >= 0.3 is 6.18 Å². The Labute approximate surface area is 246 Å². The number of benzene rings is 3. The molecule has 220 valence electrons. The average Bonchev–Trinajstić information content (AvgIpc) is 2.89. The second-order valence-electron chi connectivity index (χ2n) is 10.4. The van der Waals surface area contributed by atoms with Crippen molar-refractivity contribution in [2.24, 2.45) is 0 Å². The van der Waals surface area contributed by atoms with Crippen molar-refractivity contribution >= 4 is 43.5 Å². The van der Waals surface area contributed by atoms with Gasteiger partial charge in [0, 0.05) is 16.6 Å². The molecule has 0 fully saturated rings. The Balaban J connectivity index is 2.09. The summed E-state index contributed by atoms with van der Waals surface area (Å²) in [7, 11) is -4.49. The summed E-state index contributed by atoms with van der Waals surface area (Å²) in [6, 6.07) is 16.9. The number of amides is 2. The first-order valence-electron chi connectivity index (χ1n) is 12.6. The lowest BCUT2D eigenvalue weighted by Crippen LogP contribution is -2.54. The van der Waals surface area contributed by atoms with Gasteiger partial charge < -0.3 is 10.2 Å². The Morgan fingerprint density at radius 2 is 1.56 bits per heavy atom. The van der Waals surface area contributed by atoms with Crippen molar-refractivity contribution in [3.05, 3.63) is 94.5 Å². The van der Waals surface area contributed by atoms with Gasteiger partial charge in [0.25, 0.3) is 10.0 Å². The third-order valence-corrected chi connectivity index (χ3v) is 8.26. The summed E-state index contributed by atoms with van der Waals surface area (Å²) in [5.41, 5.74) is -1.37. The van der Waals surface area contributed by atoms with E-state index in [4.69, 9.17) is 0 Å². The zero-order valence-electron chi connectivity index (χ0n) is 22.9. The Kier molecular flexibility index (Phi) is 9.91. The number of carbonyl (C=O) groups is 2. The van der Waals surface area contributed by atoms with Crippen molar-refractivity contribution in [2.45, 2.75) is 56.9 Å².